The molecule has 0 aliphatic heterocycles. The molecule has 1 atom stereocenters. The van der Waals surface area contributed by atoms with Gasteiger partial charge >= 0.3 is 5.97 Å². The molecule has 0 spiro atoms. The Morgan fingerprint density at radius 3 is 2.65 bits per heavy atom. The van der Waals surface area contributed by atoms with Crippen LogP contribution >= 0.6 is 0 Å². The monoisotopic (exact) mass is 270 g/mol. The van der Waals surface area contributed by atoms with Gasteiger partial charge in [0.05, 0.1) is 6.26 Å². The molecule has 0 amide bonds. The Morgan fingerprint density at radius 2 is 2.05 bits per heavy atom. The summed E-state index contributed by atoms with van der Waals surface area (Å²) < 4.78 is 10.3. The van der Waals surface area contributed by atoms with Gasteiger partial charge in [-0.05, 0) is 48.2 Å². The molecule has 0 aliphatic rings. The maximum absolute atomic E-state index is 11.6. The molecular formula is C17H18O3. The van der Waals surface area contributed by atoms with Crippen molar-refractivity contribution < 1.29 is 13.9 Å². The van der Waals surface area contributed by atoms with Crippen LogP contribution < -0.4 is 4.74 Å². The van der Waals surface area contributed by atoms with Crippen LogP contribution in [0.25, 0.3) is 6.08 Å². The van der Waals surface area contributed by atoms with Gasteiger partial charge in [-0.25, -0.2) is 4.79 Å². The van der Waals surface area contributed by atoms with Crippen LogP contribution in [0.5, 0.6) is 5.75 Å². The number of benzene rings is 1. The second-order valence-electron chi connectivity index (χ2n) is 4.65. The third kappa shape index (κ3) is 3.85. The Bertz CT molecular complexity index is 565. The van der Waals surface area contributed by atoms with Crippen molar-refractivity contribution in [3.05, 3.63) is 60.1 Å². The lowest BCUT2D eigenvalue weighted by Crippen LogP contribution is -2.03. The summed E-state index contributed by atoms with van der Waals surface area (Å²) in [5, 5.41) is 0. The summed E-state index contributed by atoms with van der Waals surface area (Å²) in [5.74, 6) is 1.26. The van der Waals surface area contributed by atoms with Crippen molar-refractivity contribution in [2.75, 3.05) is 0 Å². The number of ether oxygens (including phenoxy) is 1. The molecular weight excluding hydrogens is 252 g/mol. The van der Waals surface area contributed by atoms with Crippen LogP contribution in [-0.2, 0) is 4.79 Å². The Balaban J connectivity index is 1.94. The van der Waals surface area contributed by atoms with Gasteiger partial charge in [0.2, 0.25) is 0 Å². The maximum atomic E-state index is 11.6. The Morgan fingerprint density at radius 1 is 1.30 bits per heavy atom. The molecule has 0 saturated heterocycles. The zero-order valence-corrected chi connectivity index (χ0v) is 11.7. The second-order valence-corrected chi connectivity index (χ2v) is 4.65. The van der Waals surface area contributed by atoms with E-state index in [1.165, 1.54) is 11.6 Å². The molecule has 0 radical (unpaired) electrons. The molecule has 104 valence electrons. The van der Waals surface area contributed by atoms with Crippen LogP contribution in [0.1, 0.15) is 37.5 Å². The van der Waals surface area contributed by atoms with E-state index in [9.17, 15) is 4.79 Å². The average molecular weight is 270 g/mol. The zero-order chi connectivity index (χ0) is 14.4. The number of hydrogen-bond donors (Lipinski definition) is 0. The van der Waals surface area contributed by atoms with Gasteiger partial charge in [-0.3, -0.25) is 0 Å². The first-order valence-corrected chi connectivity index (χ1v) is 6.72. The Labute approximate surface area is 118 Å². The lowest BCUT2D eigenvalue weighted by atomic mass is 9.99. The molecule has 1 aromatic heterocycles. The number of carbonyl (C=O) groups excluding carboxylic acids is 1. The topological polar surface area (TPSA) is 39.4 Å². The van der Waals surface area contributed by atoms with E-state index in [1.807, 2.05) is 24.3 Å². The van der Waals surface area contributed by atoms with Crippen LogP contribution in [0, 0.1) is 0 Å². The van der Waals surface area contributed by atoms with Crippen LogP contribution in [0.3, 0.4) is 0 Å². The minimum absolute atomic E-state index is 0.419. The number of esters is 1. The molecule has 1 unspecified atom stereocenters. The van der Waals surface area contributed by atoms with Gasteiger partial charge in [0.15, 0.2) is 0 Å². The van der Waals surface area contributed by atoms with E-state index in [0.717, 1.165) is 6.42 Å². The van der Waals surface area contributed by atoms with E-state index in [0.29, 0.717) is 17.4 Å². The summed E-state index contributed by atoms with van der Waals surface area (Å²) in [7, 11) is 0. The quantitative estimate of drug-likeness (QED) is 0.459. The first-order chi connectivity index (χ1) is 9.69. The molecule has 2 rings (SSSR count). The fourth-order valence-electron chi connectivity index (χ4n) is 1.79. The summed E-state index contributed by atoms with van der Waals surface area (Å²) in [6.45, 7) is 4.32. The van der Waals surface area contributed by atoms with E-state index in [2.05, 4.69) is 13.8 Å². The third-order valence-corrected chi connectivity index (χ3v) is 3.21. The predicted molar refractivity (Wildman–Crippen MR) is 78.5 cm³/mol. The first-order valence-electron chi connectivity index (χ1n) is 6.72. The van der Waals surface area contributed by atoms with E-state index in [1.54, 1.807) is 24.5 Å². The molecule has 2 aromatic rings. The number of furan rings is 1. The Hall–Kier alpha value is -2.29. The Kier molecular flexibility index (Phi) is 4.77. The summed E-state index contributed by atoms with van der Waals surface area (Å²) in [6, 6.07) is 11.2. The fraction of sp³-hybridized carbons (Fsp3) is 0.235. The molecule has 20 heavy (non-hydrogen) atoms. The summed E-state index contributed by atoms with van der Waals surface area (Å²) >= 11 is 0. The van der Waals surface area contributed by atoms with Crippen molar-refractivity contribution in [3.8, 4) is 5.75 Å². The highest BCUT2D eigenvalue weighted by atomic mass is 16.5. The standard InChI is InChI=1S/C17H18O3/c1-3-13(2)14-6-8-16(9-7-14)20-17(18)11-10-15-5-4-12-19-15/h4-13H,3H2,1-2H3. The normalized spacial score (nSPS) is 12.5. The fourth-order valence-corrected chi connectivity index (χ4v) is 1.79. The van der Waals surface area contributed by atoms with E-state index in [4.69, 9.17) is 9.15 Å². The lowest BCUT2D eigenvalue weighted by molar-refractivity contribution is -0.128. The minimum Gasteiger partial charge on any atom is -0.465 e. The molecule has 0 aliphatic carbocycles. The SMILES string of the molecule is CCC(C)c1ccc(OC(=O)C=Cc2ccco2)cc1. The van der Waals surface area contributed by atoms with Gasteiger partial charge in [0.1, 0.15) is 11.5 Å². The first kappa shape index (κ1) is 14.1. The van der Waals surface area contributed by atoms with Gasteiger partial charge in [-0.2, -0.15) is 0 Å². The summed E-state index contributed by atoms with van der Waals surface area (Å²) in [5.41, 5.74) is 1.25. The second kappa shape index (κ2) is 6.75. The average Bonchev–Trinajstić information content (AvgIpc) is 2.98. The van der Waals surface area contributed by atoms with Crippen LogP contribution in [0.2, 0.25) is 0 Å². The zero-order valence-electron chi connectivity index (χ0n) is 11.7. The maximum Gasteiger partial charge on any atom is 0.336 e. The molecule has 0 fully saturated rings. The summed E-state index contributed by atoms with van der Waals surface area (Å²) in [4.78, 5) is 11.6. The van der Waals surface area contributed by atoms with Gasteiger partial charge in [0.25, 0.3) is 0 Å². The van der Waals surface area contributed by atoms with Gasteiger partial charge in [-0.1, -0.05) is 26.0 Å². The molecule has 3 heteroatoms. The molecule has 3 nitrogen and oxygen atoms in total. The van der Waals surface area contributed by atoms with E-state index in [-0.39, 0.29) is 0 Å². The van der Waals surface area contributed by atoms with E-state index < -0.39 is 5.97 Å². The lowest BCUT2D eigenvalue weighted by Gasteiger charge is -2.09. The highest BCUT2D eigenvalue weighted by molar-refractivity contribution is 5.88. The van der Waals surface area contributed by atoms with Crippen molar-refractivity contribution >= 4 is 12.0 Å². The molecule has 1 aromatic carbocycles. The minimum atomic E-state index is -0.419. The molecule has 0 bridgehead atoms. The highest BCUT2D eigenvalue weighted by Crippen LogP contribution is 2.21. The van der Waals surface area contributed by atoms with Crippen molar-refractivity contribution in [2.45, 2.75) is 26.2 Å². The predicted octanol–water partition coefficient (Wildman–Crippen LogP) is 4.41. The molecule has 0 saturated carbocycles. The van der Waals surface area contributed by atoms with Crippen LogP contribution in [0.4, 0.5) is 0 Å². The molecule has 1 heterocycles. The van der Waals surface area contributed by atoms with E-state index >= 15 is 0 Å². The summed E-state index contributed by atoms with van der Waals surface area (Å²) in [6.07, 6.45) is 5.57. The van der Waals surface area contributed by atoms with Crippen molar-refractivity contribution in [3.63, 3.8) is 0 Å². The van der Waals surface area contributed by atoms with Gasteiger partial charge < -0.3 is 9.15 Å². The van der Waals surface area contributed by atoms with Crippen molar-refractivity contribution in [2.24, 2.45) is 0 Å². The third-order valence-electron chi connectivity index (χ3n) is 3.21. The smallest absolute Gasteiger partial charge is 0.336 e. The number of carbonyl (C=O) groups is 1. The molecule has 0 N–H and O–H groups in total. The number of rotatable bonds is 5. The highest BCUT2D eigenvalue weighted by Gasteiger charge is 2.04. The van der Waals surface area contributed by atoms with Crippen LogP contribution in [0.15, 0.2) is 53.2 Å². The van der Waals surface area contributed by atoms with Gasteiger partial charge in [-0.15, -0.1) is 0 Å². The van der Waals surface area contributed by atoms with Crippen LogP contribution in [-0.4, -0.2) is 5.97 Å². The van der Waals surface area contributed by atoms with Gasteiger partial charge in [0, 0.05) is 6.08 Å². The van der Waals surface area contributed by atoms with Crippen molar-refractivity contribution in [1.82, 2.24) is 0 Å². The van der Waals surface area contributed by atoms with Crippen molar-refractivity contribution in [1.29, 1.82) is 0 Å². The number of hydrogen-bond acceptors (Lipinski definition) is 3. The largest absolute Gasteiger partial charge is 0.465 e.